The lowest BCUT2D eigenvalue weighted by Gasteiger charge is -2.02. The molecule has 3 heterocycles. The summed E-state index contributed by atoms with van der Waals surface area (Å²) >= 11 is 3.24. The van der Waals surface area contributed by atoms with Crippen LogP contribution in [0.15, 0.2) is 65.4 Å². The number of thiophene rings is 1. The Balaban J connectivity index is 1.51. The van der Waals surface area contributed by atoms with E-state index in [0.717, 1.165) is 22.1 Å². The summed E-state index contributed by atoms with van der Waals surface area (Å²) < 4.78 is 0. The number of hydrogen-bond acceptors (Lipinski definition) is 6. The van der Waals surface area contributed by atoms with E-state index in [0.29, 0.717) is 5.82 Å². The lowest BCUT2D eigenvalue weighted by Crippen LogP contribution is -1.96. The highest BCUT2D eigenvalue weighted by atomic mass is 32.1. The van der Waals surface area contributed by atoms with Crippen LogP contribution in [0.1, 0.15) is 0 Å². The lowest BCUT2D eigenvalue weighted by molar-refractivity contribution is 1.04. The van der Waals surface area contributed by atoms with E-state index in [1.54, 1.807) is 22.7 Å². The Bertz CT molecular complexity index is 884. The van der Waals surface area contributed by atoms with E-state index in [2.05, 4.69) is 31.9 Å². The first-order chi connectivity index (χ1) is 11.4. The van der Waals surface area contributed by atoms with Crippen molar-refractivity contribution < 1.29 is 0 Å². The fourth-order valence-electron chi connectivity index (χ4n) is 2.14. The van der Waals surface area contributed by atoms with Crippen molar-refractivity contribution in [2.24, 2.45) is 0 Å². The van der Waals surface area contributed by atoms with Gasteiger partial charge in [-0.05, 0) is 23.6 Å². The maximum Gasteiger partial charge on any atom is 0.188 e. The molecule has 0 saturated heterocycles. The Morgan fingerprint density at radius 3 is 2.43 bits per heavy atom. The van der Waals surface area contributed by atoms with Gasteiger partial charge in [0.25, 0.3) is 0 Å². The van der Waals surface area contributed by atoms with E-state index in [-0.39, 0.29) is 0 Å². The van der Waals surface area contributed by atoms with Gasteiger partial charge in [0.2, 0.25) is 0 Å². The molecule has 6 heteroatoms. The minimum Gasteiger partial charge on any atom is -0.315 e. The second kappa shape index (κ2) is 6.28. The van der Waals surface area contributed by atoms with Gasteiger partial charge in [0.15, 0.2) is 10.9 Å². The van der Waals surface area contributed by atoms with Crippen LogP contribution in [-0.4, -0.2) is 15.2 Å². The van der Waals surface area contributed by atoms with Gasteiger partial charge in [0.05, 0.1) is 16.3 Å². The molecule has 0 aliphatic rings. The maximum atomic E-state index is 4.58. The van der Waals surface area contributed by atoms with E-state index in [1.807, 2.05) is 53.9 Å². The molecule has 4 nitrogen and oxygen atoms in total. The molecule has 0 aliphatic carbocycles. The zero-order chi connectivity index (χ0) is 15.5. The summed E-state index contributed by atoms with van der Waals surface area (Å²) in [5, 5.41) is 16.6. The van der Waals surface area contributed by atoms with Crippen LogP contribution in [0.4, 0.5) is 10.9 Å². The number of nitrogens with zero attached hydrogens (tertiary/aromatic N) is 3. The summed E-state index contributed by atoms with van der Waals surface area (Å²) in [7, 11) is 0. The number of thiazole rings is 1. The quantitative estimate of drug-likeness (QED) is 0.565. The molecule has 4 aromatic rings. The van der Waals surface area contributed by atoms with Gasteiger partial charge in [0.1, 0.15) is 0 Å². The lowest BCUT2D eigenvalue weighted by atomic mass is 10.1. The van der Waals surface area contributed by atoms with Crippen molar-refractivity contribution in [1.82, 2.24) is 15.2 Å². The first-order valence-electron chi connectivity index (χ1n) is 7.04. The largest absolute Gasteiger partial charge is 0.315 e. The van der Waals surface area contributed by atoms with E-state index < -0.39 is 0 Å². The maximum absolute atomic E-state index is 4.58. The van der Waals surface area contributed by atoms with Crippen LogP contribution in [0.5, 0.6) is 0 Å². The molecule has 1 aromatic carbocycles. The Morgan fingerprint density at radius 2 is 1.70 bits per heavy atom. The molecule has 0 saturated carbocycles. The Kier molecular flexibility index (Phi) is 3.83. The SMILES string of the molecule is c1ccc(-c2ccc(Nc3nc(-c4cccs4)cs3)nn2)cc1. The van der Waals surface area contributed by atoms with Gasteiger partial charge in [-0.1, -0.05) is 36.4 Å². The number of rotatable bonds is 4. The fraction of sp³-hybridized carbons (Fsp3) is 0. The molecule has 0 unspecified atom stereocenters. The number of aromatic nitrogens is 3. The van der Waals surface area contributed by atoms with Crippen molar-refractivity contribution in [3.63, 3.8) is 0 Å². The first-order valence-corrected chi connectivity index (χ1v) is 8.80. The van der Waals surface area contributed by atoms with Gasteiger partial charge in [-0.25, -0.2) is 4.98 Å². The molecule has 0 fully saturated rings. The normalized spacial score (nSPS) is 10.6. The predicted molar refractivity (Wildman–Crippen MR) is 96.2 cm³/mol. The zero-order valence-corrected chi connectivity index (χ0v) is 13.6. The summed E-state index contributed by atoms with van der Waals surface area (Å²) in [6.45, 7) is 0. The minimum absolute atomic E-state index is 0.691. The van der Waals surface area contributed by atoms with E-state index in [4.69, 9.17) is 0 Å². The van der Waals surface area contributed by atoms with Crippen molar-refractivity contribution >= 4 is 33.6 Å². The van der Waals surface area contributed by atoms with Crippen LogP contribution in [0.25, 0.3) is 21.8 Å². The summed E-state index contributed by atoms with van der Waals surface area (Å²) in [5.74, 6) is 0.691. The molecular formula is C17H12N4S2. The standard InChI is InChI=1S/C17H12N4S2/c1-2-5-12(6-3-1)13-8-9-16(21-20-13)19-17-18-14(11-23-17)15-7-4-10-22-15/h1-11H,(H,18,19,21). The van der Waals surface area contributed by atoms with Crippen molar-refractivity contribution in [2.45, 2.75) is 0 Å². The van der Waals surface area contributed by atoms with Gasteiger partial charge in [-0.3, -0.25) is 0 Å². The van der Waals surface area contributed by atoms with Gasteiger partial charge < -0.3 is 5.32 Å². The summed E-state index contributed by atoms with van der Waals surface area (Å²) in [4.78, 5) is 5.75. The molecule has 0 radical (unpaired) electrons. The molecule has 0 amide bonds. The molecule has 1 N–H and O–H groups in total. The van der Waals surface area contributed by atoms with Gasteiger partial charge >= 0.3 is 0 Å². The van der Waals surface area contributed by atoms with E-state index in [1.165, 1.54) is 4.88 Å². The molecule has 112 valence electrons. The van der Waals surface area contributed by atoms with Crippen LogP contribution in [0, 0.1) is 0 Å². The predicted octanol–water partition coefficient (Wildman–Crippen LogP) is 5.07. The molecule has 4 rings (SSSR count). The third kappa shape index (κ3) is 3.13. The highest BCUT2D eigenvalue weighted by Gasteiger charge is 2.07. The van der Waals surface area contributed by atoms with Crippen LogP contribution in [0.3, 0.4) is 0 Å². The van der Waals surface area contributed by atoms with Crippen molar-refractivity contribution in [3.05, 3.63) is 65.4 Å². The average Bonchev–Trinajstić information content (AvgIpc) is 3.28. The Morgan fingerprint density at radius 1 is 0.783 bits per heavy atom. The number of hydrogen-bond donors (Lipinski definition) is 1. The molecule has 0 atom stereocenters. The topological polar surface area (TPSA) is 50.7 Å². The second-order valence-electron chi connectivity index (χ2n) is 4.81. The Hall–Kier alpha value is -2.57. The summed E-state index contributed by atoms with van der Waals surface area (Å²) in [6, 6.07) is 18.0. The van der Waals surface area contributed by atoms with Crippen molar-refractivity contribution in [3.8, 4) is 21.8 Å². The highest BCUT2D eigenvalue weighted by Crippen LogP contribution is 2.29. The number of anilines is 2. The molecule has 3 aromatic heterocycles. The third-order valence-electron chi connectivity index (χ3n) is 3.25. The molecular weight excluding hydrogens is 324 g/mol. The van der Waals surface area contributed by atoms with Gasteiger partial charge in [-0.15, -0.1) is 32.9 Å². The number of benzene rings is 1. The third-order valence-corrected chi connectivity index (χ3v) is 4.90. The van der Waals surface area contributed by atoms with E-state index >= 15 is 0 Å². The molecule has 0 spiro atoms. The van der Waals surface area contributed by atoms with Crippen LogP contribution in [-0.2, 0) is 0 Å². The average molecular weight is 336 g/mol. The number of nitrogens with one attached hydrogen (secondary N) is 1. The van der Waals surface area contributed by atoms with Gasteiger partial charge in [-0.2, -0.15) is 0 Å². The highest BCUT2D eigenvalue weighted by molar-refractivity contribution is 7.16. The monoisotopic (exact) mass is 336 g/mol. The fourth-order valence-corrected chi connectivity index (χ4v) is 3.62. The Labute approximate surface area is 141 Å². The van der Waals surface area contributed by atoms with E-state index in [9.17, 15) is 0 Å². The van der Waals surface area contributed by atoms with Crippen molar-refractivity contribution in [2.75, 3.05) is 5.32 Å². The van der Waals surface area contributed by atoms with Crippen molar-refractivity contribution in [1.29, 1.82) is 0 Å². The first kappa shape index (κ1) is 14.0. The van der Waals surface area contributed by atoms with Crippen LogP contribution < -0.4 is 5.32 Å². The summed E-state index contributed by atoms with van der Waals surface area (Å²) in [6.07, 6.45) is 0. The molecule has 23 heavy (non-hydrogen) atoms. The smallest absolute Gasteiger partial charge is 0.188 e. The second-order valence-corrected chi connectivity index (χ2v) is 6.62. The minimum atomic E-state index is 0.691. The molecule has 0 aliphatic heterocycles. The van der Waals surface area contributed by atoms with Crippen LogP contribution >= 0.6 is 22.7 Å². The zero-order valence-electron chi connectivity index (χ0n) is 12.0. The van der Waals surface area contributed by atoms with Crippen LogP contribution in [0.2, 0.25) is 0 Å². The summed E-state index contributed by atoms with van der Waals surface area (Å²) in [5.41, 5.74) is 2.90. The molecule has 0 bridgehead atoms. The van der Waals surface area contributed by atoms with Gasteiger partial charge in [0, 0.05) is 10.9 Å².